The van der Waals surface area contributed by atoms with Gasteiger partial charge in [0.1, 0.15) is 0 Å². The highest BCUT2D eigenvalue weighted by molar-refractivity contribution is 7.89. The van der Waals surface area contributed by atoms with E-state index in [0.717, 1.165) is 25.7 Å². The Morgan fingerprint density at radius 2 is 2.04 bits per heavy atom. The van der Waals surface area contributed by atoms with Gasteiger partial charge in [0.2, 0.25) is 10.0 Å². The number of nitrogens with zero attached hydrogens (tertiary/aromatic N) is 1. The molecule has 0 aromatic heterocycles. The van der Waals surface area contributed by atoms with Gasteiger partial charge >= 0.3 is 0 Å². The van der Waals surface area contributed by atoms with Crippen molar-refractivity contribution < 1.29 is 22.7 Å². The number of likely N-dealkylation sites (N-methyl/N-ethyl adjacent to an activating group) is 1. The van der Waals surface area contributed by atoms with Crippen LogP contribution in [-0.4, -0.2) is 64.2 Å². The van der Waals surface area contributed by atoms with Crippen molar-refractivity contribution in [2.45, 2.75) is 42.7 Å². The largest absolute Gasteiger partial charge is 0.376 e. The molecule has 1 saturated heterocycles. The maximum Gasteiger partial charge on any atom is 0.251 e. The normalized spacial score (nSPS) is 21.8. The Labute approximate surface area is 154 Å². The Kier molecular flexibility index (Phi) is 6.29. The first-order chi connectivity index (χ1) is 12.5. The number of rotatable bonds is 6. The topological polar surface area (TPSA) is 84.9 Å². The summed E-state index contributed by atoms with van der Waals surface area (Å²) in [5, 5.41) is 2.98. The van der Waals surface area contributed by atoms with Crippen molar-refractivity contribution in [2.24, 2.45) is 0 Å². The number of carbonyl (C=O) groups excluding carboxylic acids is 1. The standard InChI is InChI=1S/C18H26N2O5S/c1-20(12-16-13-24-9-10-25-16)26(22,23)17-8-4-5-14(11-17)18(21)19-15-6-2-3-7-15/h4-5,8,11,15-16H,2-3,6-7,9-10,12-13H2,1H3,(H,19,21). The van der Waals surface area contributed by atoms with E-state index in [1.807, 2.05) is 0 Å². The fourth-order valence-corrected chi connectivity index (χ4v) is 4.59. The van der Waals surface area contributed by atoms with E-state index < -0.39 is 10.0 Å². The van der Waals surface area contributed by atoms with Gasteiger partial charge in [-0.3, -0.25) is 4.79 Å². The van der Waals surface area contributed by atoms with Crippen LogP contribution in [0.4, 0.5) is 0 Å². The van der Waals surface area contributed by atoms with Gasteiger partial charge in [0, 0.05) is 25.2 Å². The third-order valence-electron chi connectivity index (χ3n) is 4.84. The van der Waals surface area contributed by atoms with Crippen LogP contribution in [0.2, 0.25) is 0 Å². The molecular formula is C18H26N2O5S. The maximum absolute atomic E-state index is 12.8. The van der Waals surface area contributed by atoms with Gasteiger partial charge < -0.3 is 14.8 Å². The van der Waals surface area contributed by atoms with E-state index in [1.165, 1.54) is 23.5 Å². The van der Waals surface area contributed by atoms with Gasteiger partial charge in [-0.15, -0.1) is 0 Å². The van der Waals surface area contributed by atoms with Crippen LogP contribution in [0.25, 0.3) is 0 Å². The second-order valence-electron chi connectivity index (χ2n) is 6.84. The molecule has 1 N–H and O–H groups in total. The van der Waals surface area contributed by atoms with E-state index in [1.54, 1.807) is 12.1 Å². The zero-order valence-corrected chi connectivity index (χ0v) is 15.8. The van der Waals surface area contributed by atoms with Gasteiger partial charge in [-0.25, -0.2) is 8.42 Å². The molecule has 2 fully saturated rings. The molecule has 0 radical (unpaired) electrons. The molecule has 1 aromatic carbocycles. The third kappa shape index (κ3) is 4.62. The lowest BCUT2D eigenvalue weighted by Crippen LogP contribution is -2.40. The molecule has 1 atom stereocenters. The Bertz CT molecular complexity index is 725. The summed E-state index contributed by atoms with van der Waals surface area (Å²) in [4.78, 5) is 12.5. The highest BCUT2D eigenvalue weighted by Crippen LogP contribution is 2.20. The van der Waals surface area contributed by atoms with Crippen molar-refractivity contribution in [2.75, 3.05) is 33.4 Å². The molecule has 7 nitrogen and oxygen atoms in total. The summed E-state index contributed by atoms with van der Waals surface area (Å²) in [5.41, 5.74) is 0.364. The van der Waals surface area contributed by atoms with Crippen molar-refractivity contribution >= 4 is 15.9 Å². The van der Waals surface area contributed by atoms with Gasteiger partial charge in [-0.1, -0.05) is 18.9 Å². The lowest BCUT2D eigenvalue weighted by Gasteiger charge is -2.27. The Morgan fingerprint density at radius 1 is 1.27 bits per heavy atom. The number of nitrogens with one attached hydrogen (secondary N) is 1. The Hall–Kier alpha value is -1.48. The van der Waals surface area contributed by atoms with Crippen LogP contribution in [-0.2, 0) is 19.5 Å². The Morgan fingerprint density at radius 3 is 2.73 bits per heavy atom. The number of hydrogen-bond acceptors (Lipinski definition) is 5. The van der Waals surface area contributed by atoms with Crippen LogP contribution < -0.4 is 5.32 Å². The van der Waals surface area contributed by atoms with Crippen molar-refractivity contribution in [3.05, 3.63) is 29.8 Å². The molecule has 1 amide bonds. The summed E-state index contributed by atoms with van der Waals surface area (Å²) in [5.74, 6) is -0.222. The minimum absolute atomic E-state index is 0.107. The molecule has 0 bridgehead atoms. The number of sulfonamides is 1. The number of amides is 1. The van der Waals surface area contributed by atoms with Gasteiger partial charge in [-0.05, 0) is 31.0 Å². The molecule has 1 unspecified atom stereocenters. The van der Waals surface area contributed by atoms with E-state index in [9.17, 15) is 13.2 Å². The van der Waals surface area contributed by atoms with Crippen LogP contribution in [0, 0.1) is 0 Å². The van der Waals surface area contributed by atoms with Crippen LogP contribution >= 0.6 is 0 Å². The predicted molar refractivity (Wildman–Crippen MR) is 96.5 cm³/mol. The molecule has 1 aliphatic heterocycles. The Balaban J connectivity index is 1.69. The monoisotopic (exact) mass is 382 g/mol. The molecule has 0 spiro atoms. The number of benzene rings is 1. The highest BCUT2D eigenvalue weighted by Gasteiger charge is 2.26. The molecule has 1 aromatic rings. The van der Waals surface area contributed by atoms with Gasteiger partial charge in [0.15, 0.2) is 0 Å². The maximum atomic E-state index is 12.8. The summed E-state index contributed by atoms with van der Waals surface area (Å²) in [7, 11) is -2.19. The predicted octanol–water partition coefficient (Wildman–Crippen LogP) is 1.39. The highest BCUT2D eigenvalue weighted by atomic mass is 32.2. The molecule has 1 saturated carbocycles. The van der Waals surface area contributed by atoms with Crippen LogP contribution in [0.1, 0.15) is 36.0 Å². The van der Waals surface area contributed by atoms with Gasteiger partial charge in [0.05, 0.1) is 30.8 Å². The number of carbonyl (C=O) groups is 1. The number of ether oxygens (including phenoxy) is 2. The molecule has 144 valence electrons. The van der Waals surface area contributed by atoms with E-state index in [0.29, 0.717) is 25.4 Å². The molecule has 3 rings (SSSR count). The minimum Gasteiger partial charge on any atom is -0.376 e. The van der Waals surface area contributed by atoms with E-state index >= 15 is 0 Å². The quantitative estimate of drug-likeness (QED) is 0.804. The SMILES string of the molecule is CN(CC1COCCO1)S(=O)(=O)c1cccc(C(=O)NC2CCCC2)c1. The molecule has 2 aliphatic rings. The molecule has 8 heteroatoms. The van der Waals surface area contributed by atoms with Crippen molar-refractivity contribution in [3.8, 4) is 0 Å². The van der Waals surface area contributed by atoms with Crippen molar-refractivity contribution in [1.82, 2.24) is 9.62 Å². The lowest BCUT2D eigenvalue weighted by molar-refractivity contribution is -0.0909. The van der Waals surface area contributed by atoms with Crippen LogP contribution in [0.15, 0.2) is 29.2 Å². The smallest absolute Gasteiger partial charge is 0.251 e. The molecule has 26 heavy (non-hydrogen) atoms. The lowest BCUT2D eigenvalue weighted by atomic mass is 10.2. The molecule has 1 aliphatic carbocycles. The summed E-state index contributed by atoms with van der Waals surface area (Å²) >= 11 is 0. The summed E-state index contributed by atoms with van der Waals surface area (Å²) in [6, 6.07) is 6.38. The second kappa shape index (κ2) is 8.47. The molecule has 1 heterocycles. The van der Waals surface area contributed by atoms with Gasteiger partial charge in [-0.2, -0.15) is 4.31 Å². The first-order valence-corrected chi connectivity index (χ1v) is 10.5. The minimum atomic E-state index is -3.70. The fourth-order valence-electron chi connectivity index (χ4n) is 3.34. The first-order valence-electron chi connectivity index (χ1n) is 9.03. The second-order valence-corrected chi connectivity index (χ2v) is 8.88. The average molecular weight is 382 g/mol. The first kappa shape index (κ1) is 19.3. The zero-order valence-electron chi connectivity index (χ0n) is 15.0. The van der Waals surface area contributed by atoms with Gasteiger partial charge in [0.25, 0.3) is 5.91 Å². The number of hydrogen-bond donors (Lipinski definition) is 1. The van der Waals surface area contributed by atoms with E-state index in [2.05, 4.69) is 5.32 Å². The summed E-state index contributed by atoms with van der Waals surface area (Å²) < 4.78 is 37.7. The van der Waals surface area contributed by atoms with Crippen LogP contribution in [0.5, 0.6) is 0 Å². The summed E-state index contributed by atoms with van der Waals surface area (Å²) in [6.45, 7) is 1.59. The average Bonchev–Trinajstić information content (AvgIpc) is 3.15. The summed E-state index contributed by atoms with van der Waals surface area (Å²) in [6.07, 6.45) is 3.93. The van der Waals surface area contributed by atoms with E-state index in [-0.39, 0.29) is 29.5 Å². The van der Waals surface area contributed by atoms with Crippen molar-refractivity contribution in [1.29, 1.82) is 0 Å². The fraction of sp³-hybridized carbons (Fsp3) is 0.611. The molecular weight excluding hydrogens is 356 g/mol. The van der Waals surface area contributed by atoms with Crippen molar-refractivity contribution in [3.63, 3.8) is 0 Å². The van der Waals surface area contributed by atoms with Crippen LogP contribution in [0.3, 0.4) is 0 Å². The van der Waals surface area contributed by atoms with E-state index in [4.69, 9.17) is 9.47 Å². The zero-order chi connectivity index (χ0) is 18.6. The third-order valence-corrected chi connectivity index (χ3v) is 6.66.